The van der Waals surface area contributed by atoms with Crippen LogP contribution in [-0.2, 0) is 16.4 Å². The van der Waals surface area contributed by atoms with Gasteiger partial charge < -0.3 is 9.88 Å². The van der Waals surface area contributed by atoms with Crippen LogP contribution in [-0.4, -0.2) is 41.9 Å². The van der Waals surface area contributed by atoms with Crippen molar-refractivity contribution in [3.8, 4) is 0 Å². The zero-order valence-electron chi connectivity index (χ0n) is 13.6. The molecule has 128 valence electrons. The SMILES string of the molecule is O=S(=O)(CCN=C1Nc2cccc3cccc1c23)CCn1ccnc1. The smallest absolute Gasteiger partial charge is 0.153 e. The van der Waals surface area contributed by atoms with E-state index in [9.17, 15) is 8.42 Å². The lowest BCUT2D eigenvalue weighted by Crippen LogP contribution is -2.18. The van der Waals surface area contributed by atoms with Gasteiger partial charge in [-0.05, 0) is 11.5 Å². The van der Waals surface area contributed by atoms with E-state index in [4.69, 9.17) is 0 Å². The summed E-state index contributed by atoms with van der Waals surface area (Å²) in [6.45, 7) is 0.668. The molecule has 1 aliphatic rings. The summed E-state index contributed by atoms with van der Waals surface area (Å²) in [5, 5.41) is 5.59. The van der Waals surface area contributed by atoms with Crippen molar-refractivity contribution in [2.45, 2.75) is 6.54 Å². The highest BCUT2D eigenvalue weighted by Crippen LogP contribution is 2.32. The van der Waals surface area contributed by atoms with Crippen LogP contribution in [0.5, 0.6) is 0 Å². The number of sulfone groups is 1. The van der Waals surface area contributed by atoms with Gasteiger partial charge in [-0.25, -0.2) is 13.4 Å². The molecule has 25 heavy (non-hydrogen) atoms. The third kappa shape index (κ3) is 3.28. The first-order valence-corrected chi connectivity index (χ1v) is 9.94. The van der Waals surface area contributed by atoms with E-state index >= 15 is 0 Å². The molecule has 7 heteroatoms. The molecule has 0 spiro atoms. The normalized spacial score (nSPS) is 15.0. The van der Waals surface area contributed by atoms with Crippen LogP contribution in [0, 0.1) is 0 Å². The van der Waals surface area contributed by atoms with Gasteiger partial charge in [-0.1, -0.05) is 30.3 Å². The molecule has 4 rings (SSSR count). The zero-order chi connectivity index (χ0) is 17.3. The first-order valence-electron chi connectivity index (χ1n) is 8.12. The number of aromatic nitrogens is 2. The number of hydrogen-bond donors (Lipinski definition) is 1. The van der Waals surface area contributed by atoms with Gasteiger partial charge in [0.2, 0.25) is 0 Å². The highest BCUT2D eigenvalue weighted by Gasteiger charge is 2.19. The Morgan fingerprint density at radius 2 is 1.96 bits per heavy atom. The topological polar surface area (TPSA) is 76.3 Å². The summed E-state index contributed by atoms with van der Waals surface area (Å²) >= 11 is 0. The second-order valence-corrected chi connectivity index (χ2v) is 8.32. The number of amidine groups is 1. The second kappa shape index (κ2) is 6.33. The Morgan fingerprint density at radius 3 is 2.76 bits per heavy atom. The van der Waals surface area contributed by atoms with Crippen LogP contribution in [0.15, 0.2) is 60.1 Å². The summed E-state index contributed by atoms with van der Waals surface area (Å²) in [5.41, 5.74) is 2.05. The summed E-state index contributed by atoms with van der Waals surface area (Å²) in [4.78, 5) is 8.41. The van der Waals surface area contributed by atoms with Crippen LogP contribution in [0.3, 0.4) is 0 Å². The molecule has 6 nitrogen and oxygen atoms in total. The van der Waals surface area contributed by atoms with E-state index in [1.807, 2.05) is 24.3 Å². The molecule has 2 heterocycles. The number of nitrogens with zero attached hydrogens (tertiary/aromatic N) is 3. The molecule has 1 N–H and O–H groups in total. The van der Waals surface area contributed by atoms with Crippen molar-refractivity contribution in [1.82, 2.24) is 9.55 Å². The van der Waals surface area contributed by atoms with E-state index in [0.717, 1.165) is 27.9 Å². The Labute approximate surface area is 146 Å². The van der Waals surface area contributed by atoms with E-state index < -0.39 is 9.84 Å². The first kappa shape index (κ1) is 15.8. The molecular formula is C18H18N4O2S. The number of benzene rings is 2. The van der Waals surface area contributed by atoms with Crippen molar-refractivity contribution < 1.29 is 8.42 Å². The van der Waals surface area contributed by atoms with Gasteiger partial charge in [0.05, 0.1) is 24.4 Å². The molecule has 3 aromatic rings. The molecular weight excluding hydrogens is 336 g/mol. The van der Waals surface area contributed by atoms with Crippen molar-refractivity contribution in [3.05, 3.63) is 60.7 Å². The largest absolute Gasteiger partial charge is 0.339 e. The summed E-state index contributed by atoms with van der Waals surface area (Å²) < 4.78 is 26.1. The first-order chi connectivity index (χ1) is 12.1. The second-order valence-electron chi connectivity index (χ2n) is 6.02. The number of aliphatic imine (C=N–C) groups is 1. The Morgan fingerprint density at radius 1 is 1.12 bits per heavy atom. The van der Waals surface area contributed by atoms with Gasteiger partial charge in [0, 0.05) is 35.6 Å². The van der Waals surface area contributed by atoms with Crippen LogP contribution in [0.1, 0.15) is 5.56 Å². The van der Waals surface area contributed by atoms with E-state index in [-0.39, 0.29) is 18.1 Å². The number of nitrogens with one attached hydrogen (secondary N) is 1. The fraction of sp³-hybridized carbons (Fsp3) is 0.222. The van der Waals surface area contributed by atoms with Crippen LogP contribution in [0.4, 0.5) is 5.69 Å². The lowest BCUT2D eigenvalue weighted by molar-refractivity contribution is 0.588. The molecule has 1 aliphatic heterocycles. The average Bonchev–Trinajstić information content (AvgIpc) is 3.23. The van der Waals surface area contributed by atoms with Crippen molar-refractivity contribution in [3.63, 3.8) is 0 Å². The summed E-state index contributed by atoms with van der Waals surface area (Å²) in [6.07, 6.45) is 5.02. The van der Waals surface area contributed by atoms with Crippen LogP contribution in [0.2, 0.25) is 0 Å². The lowest BCUT2D eigenvalue weighted by Gasteiger charge is -2.05. The highest BCUT2D eigenvalue weighted by molar-refractivity contribution is 7.91. The predicted octanol–water partition coefficient (Wildman–Crippen LogP) is 2.32. The molecule has 0 saturated carbocycles. The molecule has 0 saturated heterocycles. The summed E-state index contributed by atoms with van der Waals surface area (Å²) in [6, 6.07) is 12.1. The number of anilines is 1. The Balaban J connectivity index is 1.44. The molecule has 0 radical (unpaired) electrons. The van der Waals surface area contributed by atoms with Gasteiger partial charge in [0.15, 0.2) is 9.84 Å². The Hall–Kier alpha value is -2.67. The molecule has 0 bridgehead atoms. The minimum Gasteiger partial charge on any atom is -0.339 e. The van der Waals surface area contributed by atoms with Crippen molar-refractivity contribution >= 4 is 32.1 Å². The average molecular weight is 354 g/mol. The van der Waals surface area contributed by atoms with Crippen LogP contribution in [0.25, 0.3) is 10.8 Å². The molecule has 0 unspecified atom stereocenters. The minimum atomic E-state index is -3.15. The third-order valence-electron chi connectivity index (χ3n) is 4.30. The van der Waals surface area contributed by atoms with Gasteiger partial charge in [0.1, 0.15) is 5.84 Å². The highest BCUT2D eigenvalue weighted by atomic mass is 32.2. The van der Waals surface area contributed by atoms with Gasteiger partial charge in [0.25, 0.3) is 0 Å². The fourth-order valence-electron chi connectivity index (χ4n) is 3.02. The minimum absolute atomic E-state index is 0.0409. The lowest BCUT2D eigenvalue weighted by atomic mass is 10.1. The quantitative estimate of drug-likeness (QED) is 0.737. The van der Waals surface area contributed by atoms with Gasteiger partial charge >= 0.3 is 0 Å². The monoisotopic (exact) mass is 354 g/mol. The Kier molecular flexibility index (Phi) is 4.01. The van der Waals surface area contributed by atoms with Crippen LogP contribution < -0.4 is 5.32 Å². The molecule has 0 fully saturated rings. The number of imidazole rings is 1. The van der Waals surface area contributed by atoms with E-state index in [1.54, 1.807) is 23.3 Å². The zero-order valence-corrected chi connectivity index (χ0v) is 14.4. The maximum absolute atomic E-state index is 12.2. The van der Waals surface area contributed by atoms with E-state index in [2.05, 4.69) is 27.4 Å². The fourth-order valence-corrected chi connectivity index (χ4v) is 4.09. The third-order valence-corrected chi connectivity index (χ3v) is 5.91. The summed E-state index contributed by atoms with van der Waals surface area (Å²) in [5.74, 6) is 0.882. The molecule has 0 aliphatic carbocycles. The maximum atomic E-state index is 12.2. The molecule has 0 atom stereocenters. The van der Waals surface area contributed by atoms with Gasteiger partial charge in [-0.15, -0.1) is 0 Å². The summed E-state index contributed by atoms with van der Waals surface area (Å²) in [7, 11) is -3.15. The Bertz CT molecular complexity index is 1030. The van der Waals surface area contributed by atoms with E-state index in [0.29, 0.717) is 6.54 Å². The molecule has 2 aromatic carbocycles. The van der Waals surface area contributed by atoms with Crippen molar-refractivity contribution in [1.29, 1.82) is 0 Å². The predicted molar refractivity (Wildman–Crippen MR) is 99.9 cm³/mol. The van der Waals surface area contributed by atoms with Crippen molar-refractivity contribution in [2.75, 3.05) is 23.4 Å². The van der Waals surface area contributed by atoms with Crippen LogP contribution >= 0.6 is 0 Å². The van der Waals surface area contributed by atoms with E-state index in [1.165, 1.54) is 0 Å². The van der Waals surface area contributed by atoms with Gasteiger partial charge in [-0.3, -0.25) is 4.99 Å². The molecule has 0 amide bonds. The number of rotatable bonds is 6. The van der Waals surface area contributed by atoms with Gasteiger partial charge in [-0.2, -0.15) is 0 Å². The number of hydrogen-bond acceptors (Lipinski definition) is 4. The maximum Gasteiger partial charge on any atom is 0.153 e. The van der Waals surface area contributed by atoms with Crippen molar-refractivity contribution in [2.24, 2.45) is 4.99 Å². The molecule has 1 aromatic heterocycles. The number of aryl methyl sites for hydroxylation is 1. The standard InChI is InChI=1S/C18H18N4O2S/c23-25(24,12-10-22-9-7-19-13-22)11-8-20-18-15-5-1-3-14-4-2-6-16(21-18)17(14)15/h1-7,9,13H,8,10-12H2,(H,20,21).